The van der Waals surface area contributed by atoms with Crippen LogP contribution in [0.2, 0.25) is 0 Å². The van der Waals surface area contributed by atoms with Crippen LogP contribution < -0.4 is 10.6 Å². The molecule has 0 spiro atoms. The Morgan fingerprint density at radius 3 is 2.38 bits per heavy atom. The highest BCUT2D eigenvalue weighted by Crippen LogP contribution is 2.60. The summed E-state index contributed by atoms with van der Waals surface area (Å²) in [7, 11) is 0. The minimum Gasteiger partial charge on any atom is -0.454 e. The number of hydrogen-bond donors (Lipinski definition) is 2. The lowest BCUT2D eigenvalue weighted by molar-refractivity contribution is -0.152. The van der Waals surface area contributed by atoms with Crippen LogP contribution in [0, 0.1) is 34.5 Å². The molecule has 7 nitrogen and oxygen atoms in total. The maximum absolute atomic E-state index is 12.9. The number of carbonyl (C=O) groups excluding carboxylic acids is 3. The summed E-state index contributed by atoms with van der Waals surface area (Å²) in [5.41, 5.74) is 1.27. The number of nitrogens with zero attached hydrogens (tertiary/aromatic N) is 1. The van der Waals surface area contributed by atoms with Gasteiger partial charge in [-0.1, -0.05) is 0 Å². The summed E-state index contributed by atoms with van der Waals surface area (Å²) in [6, 6.07) is 2.20. The second-order valence-corrected chi connectivity index (χ2v) is 11.2. The Labute approximate surface area is 191 Å². The van der Waals surface area contributed by atoms with Crippen molar-refractivity contribution >= 4 is 34.1 Å². The van der Waals surface area contributed by atoms with Crippen molar-refractivity contribution in [1.82, 2.24) is 5.32 Å². The number of anilines is 1. The third-order valence-electron chi connectivity index (χ3n) is 7.81. The molecule has 6 rings (SSSR count). The zero-order valence-corrected chi connectivity index (χ0v) is 19.0. The Balaban J connectivity index is 1.10. The molecule has 170 valence electrons. The van der Waals surface area contributed by atoms with Crippen LogP contribution in [0.5, 0.6) is 0 Å². The van der Waals surface area contributed by atoms with E-state index in [2.05, 4.69) is 16.7 Å². The largest absolute Gasteiger partial charge is 0.454 e. The Morgan fingerprint density at radius 1 is 1.06 bits per heavy atom. The predicted octanol–water partition coefficient (Wildman–Crippen LogP) is 3.31. The number of rotatable bonds is 6. The van der Waals surface area contributed by atoms with Crippen LogP contribution in [-0.4, -0.2) is 30.9 Å². The second kappa shape index (κ2) is 8.51. The van der Waals surface area contributed by atoms with Crippen LogP contribution in [0.25, 0.3) is 0 Å². The van der Waals surface area contributed by atoms with Gasteiger partial charge in [0, 0.05) is 10.3 Å². The van der Waals surface area contributed by atoms with E-state index in [9.17, 15) is 19.6 Å². The predicted molar refractivity (Wildman–Crippen MR) is 119 cm³/mol. The second-order valence-electron chi connectivity index (χ2n) is 10.1. The molecule has 2 amide bonds. The highest BCUT2D eigenvalue weighted by atomic mass is 32.1. The summed E-state index contributed by atoms with van der Waals surface area (Å²) in [6.45, 7) is -0.649. The maximum atomic E-state index is 12.9. The first-order valence-electron chi connectivity index (χ1n) is 11.7. The Bertz CT molecular complexity index is 957. The number of esters is 1. The SMILES string of the molecule is N#Cc1c(NC(=O)COC(=O)CNC(=O)C23CC4CC(CC(C4)C2)C3)sc2c1CCCC2. The molecule has 1 aromatic rings. The van der Waals surface area contributed by atoms with E-state index < -0.39 is 18.5 Å². The van der Waals surface area contributed by atoms with E-state index >= 15 is 0 Å². The average molecular weight is 456 g/mol. The summed E-state index contributed by atoms with van der Waals surface area (Å²) in [4.78, 5) is 38.5. The third kappa shape index (κ3) is 4.03. The van der Waals surface area contributed by atoms with Gasteiger partial charge in [-0.05, 0) is 87.5 Å². The third-order valence-corrected chi connectivity index (χ3v) is 9.02. The van der Waals surface area contributed by atoms with E-state index in [1.165, 1.54) is 30.6 Å². The van der Waals surface area contributed by atoms with Crippen LogP contribution in [0.15, 0.2) is 0 Å². The van der Waals surface area contributed by atoms with Gasteiger partial charge in [0.15, 0.2) is 6.61 Å². The first-order valence-corrected chi connectivity index (χ1v) is 12.6. The number of hydrogen-bond acceptors (Lipinski definition) is 6. The Morgan fingerprint density at radius 2 is 1.72 bits per heavy atom. The van der Waals surface area contributed by atoms with Crippen molar-refractivity contribution in [1.29, 1.82) is 5.26 Å². The average Bonchev–Trinajstić information content (AvgIpc) is 3.11. The zero-order chi connectivity index (χ0) is 22.3. The summed E-state index contributed by atoms with van der Waals surface area (Å²) in [5, 5.41) is 15.5. The summed E-state index contributed by atoms with van der Waals surface area (Å²) in [5.74, 6) is 0.850. The van der Waals surface area contributed by atoms with Gasteiger partial charge < -0.3 is 15.4 Å². The Hall–Kier alpha value is -2.40. The molecule has 32 heavy (non-hydrogen) atoms. The number of aryl methyl sites for hydroxylation is 1. The molecular formula is C24H29N3O4S. The van der Waals surface area contributed by atoms with Crippen molar-refractivity contribution in [2.75, 3.05) is 18.5 Å². The van der Waals surface area contributed by atoms with Gasteiger partial charge >= 0.3 is 5.97 Å². The van der Waals surface area contributed by atoms with E-state index in [0.717, 1.165) is 55.4 Å². The molecule has 2 N–H and O–H groups in total. The Kier molecular flexibility index (Phi) is 5.70. The number of carbonyl (C=O) groups is 3. The fourth-order valence-electron chi connectivity index (χ4n) is 6.86. The smallest absolute Gasteiger partial charge is 0.325 e. The van der Waals surface area contributed by atoms with Crippen LogP contribution in [0.1, 0.15) is 67.4 Å². The van der Waals surface area contributed by atoms with Crippen LogP contribution in [-0.2, 0) is 32.0 Å². The van der Waals surface area contributed by atoms with Crippen molar-refractivity contribution in [3.63, 3.8) is 0 Å². The van der Waals surface area contributed by atoms with Crippen LogP contribution in [0.3, 0.4) is 0 Å². The van der Waals surface area contributed by atoms with Gasteiger partial charge in [0.05, 0.1) is 5.56 Å². The molecular weight excluding hydrogens is 426 g/mol. The van der Waals surface area contributed by atoms with E-state index in [1.807, 2.05) is 0 Å². The molecule has 0 radical (unpaired) electrons. The summed E-state index contributed by atoms with van der Waals surface area (Å²) < 4.78 is 5.08. The molecule has 0 aliphatic heterocycles. The molecule has 0 unspecified atom stereocenters. The van der Waals surface area contributed by atoms with Gasteiger partial charge in [0.1, 0.15) is 17.6 Å². The number of ether oxygens (including phenoxy) is 1. The van der Waals surface area contributed by atoms with Gasteiger partial charge in [-0.2, -0.15) is 5.26 Å². The highest BCUT2D eigenvalue weighted by Gasteiger charge is 2.54. The molecule has 0 atom stereocenters. The van der Waals surface area contributed by atoms with Gasteiger partial charge in [0.25, 0.3) is 5.91 Å². The zero-order valence-electron chi connectivity index (χ0n) is 18.2. The van der Waals surface area contributed by atoms with Crippen molar-refractivity contribution < 1.29 is 19.1 Å². The standard InChI is InChI=1S/C24H29N3O4S/c25-11-18-17-3-1-2-4-19(17)32-22(18)27-20(28)13-31-21(29)12-26-23(30)24-8-14-5-15(9-24)7-16(6-14)10-24/h14-16H,1-10,12-13H2,(H,26,30)(H,27,28). The summed E-state index contributed by atoms with van der Waals surface area (Å²) >= 11 is 1.44. The molecule has 4 saturated carbocycles. The van der Waals surface area contributed by atoms with Gasteiger partial charge in [-0.25, -0.2) is 0 Å². The fourth-order valence-corrected chi connectivity index (χ4v) is 8.12. The number of amides is 2. The molecule has 1 aromatic heterocycles. The molecule has 5 aliphatic rings. The van der Waals surface area contributed by atoms with Crippen molar-refractivity contribution in [2.24, 2.45) is 23.2 Å². The van der Waals surface area contributed by atoms with E-state index in [-0.39, 0.29) is 17.9 Å². The van der Waals surface area contributed by atoms with Crippen molar-refractivity contribution in [3.05, 3.63) is 16.0 Å². The van der Waals surface area contributed by atoms with Gasteiger partial charge in [0.2, 0.25) is 5.91 Å². The van der Waals surface area contributed by atoms with Crippen molar-refractivity contribution in [3.8, 4) is 6.07 Å². The summed E-state index contributed by atoms with van der Waals surface area (Å²) in [6.07, 6.45) is 10.5. The van der Waals surface area contributed by atoms with Gasteiger partial charge in [-0.15, -0.1) is 11.3 Å². The van der Waals surface area contributed by atoms with Crippen molar-refractivity contribution in [2.45, 2.75) is 64.2 Å². The number of nitrogens with one attached hydrogen (secondary N) is 2. The van der Waals surface area contributed by atoms with Crippen LogP contribution in [0.4, 0.5) is 5.00 Å². The number of thiophene rings is 1. The van der Waals surface area contributed by atoms with Crippen LogP contribution >= 0.6 is 11.3 Å². The quantitative estimate of drug-likeness (QED) is 0.640. The lowest BCUT2D eigenvalue weighted by Gasteiger charge is -2.55. The maximum Gasteiger partial charge on any atom is 0.325 e. The molecule has 8 heteroatoms. The minimum atomic E-state index is -0.621. The molecule has 4 bridgehead atoms. The lowest BCUT2D eigenvalue weighted by atomic mass is 9.49. The monoisotopic (exact) mass is 455 g/mol. The highest BCUT2D eigenvalue weighted by molar-refractivity contribution is 7.16. The first-order chi connectivity index (χ1) is 15.5. The molecule has 5 aliphatic carbocycles. The normalized spacial score (nSPS) is 29.7. The molecule has 4 fully saturated rings. The lowest BCUT2D eigenvalue weighted by Crippen LogP contribution is -2.54. The number of nitriles is 1. The minimum absolute atomic E-state index is 0.0270. The van der Waals surface area contributed by atoms with E-state index in [1.54, 1.807) is 0 Å². The van der Waals surface area contributed by atoms with E-state index in [4.69, 9.17) is 4.74 Å². The fraction of sp³-hybridized carbons (Fsp3) is 0.667. The van der Waals surface area contributed by atoms with E-state index in [0.29, 0.717) is 28.3 Å². The molecule has 1 heterocycles. The molecule has 0 aromatic carbocycles. The molecule has 0 saturated heterocycles. The number of fused-ring (bicyclic) bond motifs is 1. The first kappa shape index (κ1) is 21.4. The topological polar surface area (TPSA) is 108 Å². The van der Waals surface area contributed by atoms with Gasteiger partial charge in [-0.3, -0.25) is 14.4 Å².